The van der Waals surface area contributed by atoms with Crippen LogP contribution in [0.15, 0.2) is 41.0 Å². The summed E-state index contributed by atoms with van der Waals surface area (Å²) in [5, 5.41) is 0. The van der Waals surface area contributed by atoms with E-state index in [1.165, 1.54) is 0 Å². The largest absolute Gasteiger partial charge is 0.326 e. The summed E-state index contributed by atoms with van der Waals surface area (Å²) in [5.74, 6) is 0. The molecule has 0 radical (unpaired) electrons. The van der Waals surface area contributed by atoms with Gasteiger partial charge in [0.05, 0.1) is 11.4 Å². The zero-order valence-electron chi connectivity index (χ0n) is 8.56. The van der Waals surface area contributed by atoms with Gasteiger partial charge < -0.3 is 10.3 Å². The van der Waals surface area contributed by atoms with Gasteiger partial charge in [-0.15, -0.1) is 0 Å². The molecule has 3 nitrogen and oxygen atoms in total. The van der Waals surface area contributed by atoms with E-state index >= 15 is 0 Å². The fourth-order valence-electron chi connectivity index (χ4n) is 1.58. The summed E-state index contributed by atoms with van der Waals surface area (Å²) >= 11 is 3.48. The molecule has 2 aromatic rings. The van der Waals surface area contributed by atoms with Gasteiger partial charge in [-0.05, 0) is 45.8 Å². The first-order valence-corrected chi connectivity index (χ1v) is 5.67. The van der Waals surface area contributed by atoms with Gasteiger partial charge in [-0.1, -0.05) is 6.07 Å². The average molecular weight is 279 g/mol. The van der Waals surface area contributed by atoms with Crippen molar-refractivity contribution in [1.29, 1.82) is 0 Å². The maximum Gasteiger partial charge on any atom is 0.166 e. The van der Waals surface area contributed by atoms with Crippen molar-refractivity contribution < 1.29 is 4.79 Å². The molecule has 0 aliphatic carbocycles. The molecule has 1 aromatic carbocycles. The molecular weight excluding hydrogens is 268 g/mol. The van der Waals surface area contributed by atoms with E-state index in [1.54, 1.807) is 6.07 Å². The number of nitrogens with two attached hydrogens (primary N) is 1. The summed E-state index contributed by atoms with van der Waals surface area (Å²) in [6.45, 7) is 0.505. The van der Waals surface area contributed by atoms with Crippen molar-refractivity contribution in [3.63, 3.8) is 0 Å². The van der Waals surface area contributed by atoms with E-state index < -0.39 is 0 Å². The zero-order chi connectivity index (χ0) is 11.5. The van der Waals surface area contributed by atoms with Crippen LogP contribution in [-0.4, -0.2) is 10.9 Å². The van der Waals surface area contributed by atoms with Crippen LogP contribution in [-0.2, 0) is 6.54 Å². The van der Waals surface area contributed by atoms with Crippen LogP contribution in [0.5, 0.6) is 0 Å². The molecule has 4 heteroatoms. The number of aromatic nitrogens is 1. The summed E-state index contributed by atoms with van der Waals surface area (Å²) in [5.41, 5.74) is 8.17. The van der Waals surface area contributed by atoms with E-state index in [9.17, 15) is 4.79 Å². The lowest BCUT2D eigenvalue weighted by molar-refractivity contribution is 0.111. The normalized spacial score (nSPS) is 10.4. The Morgan fingerprint density at radius 2 is 2.19 bits per heavy atom. The van der Waals surface area contributed by atoms with Crippen LogP contribution in [0.2, 0.25) is 0 Å². The van der Waals surface area contributed by atoms with E-state index in [-0.39, 0.29) is 0 Å². The van der Waals surface area contributed by atoms with Gasteiger partial charge in [0.1, 0.15) is 0 Å². The number of halogens is 1. The third-order valence-electron chi connectivity index (χ3n) is 2.41. The fourth-order valence-corrected chi connectivity index (χ4v) is 2.20. The number of aldehydes is 1. The number of carbonyl (C=O) groups excluding carboxylic acids is 1. The monoisotopic (exact) mass is 278 g/mol. The zero-order valence-corrected chi connectivity index (χ0v) is 10.1. The number of nitrogens with zero attached hydrogens (tertiary/aromatic N) is 1. The second-order valence-corrected chi connectivity index (χ2v) is 4.27. The van der Waals surface area contributed by atoms with Gasteiger partial charge in [0.15, 0.2) is 6.29 Å². The van der Waals surface area contributed by atoms with Gasteiger partial charge in [-0.2, -0.15) is 0 Å². The Labute approximate surface area is 102 Å². The highest BCUT2D eigenvalue weighted by Gasteiger charge is 2.06. The summed E-state index contributed by atoms with van der Waals surface area (Å²) < 4.78 is 2.76. The van der Waals surface area contributed by atoms with Crippen molar-refractivity contribution in [3.05, 3.63) is 52.3 Å². The van der Waals surface area contributed by atoms with Crippen LogP contribution in [0.4, 0.5) is 0 Å². The van der Waals surface area contributed by atoms with Gasteiger partial charge in [-0.25, -0.2) is 0 Å². The molecule has 0 bridgehead atoms. The minimum Gasteiger partial charge on any atom is -0.326 e. The first-order chi connectivity index (χ1) is 7.76. The smallest absolute Gasteiger partial charge is 0.166 e. The molecule has 0 amide bonds. The summed E-state index contributed by atoms with van der Waals surface area (Å²) in [4.78, 5) is 10.8. The Hall–Kier alpha value is -1.39. The molecule has 2 rings (SSSR count). The highest BCUT2D eigenvalue weighted by molar-refractivity contribution is 9.10. The van der Waals surface area contributed by atoms with Crippen molar-refractivity contribution in [2.75, 3.05) is 0 Å². The maximum absolute atomic E-state index is 10.8. The predicted octanol–water partition coefficient (Wildman–Crippen LogP) is 2.51. The van der Waals surface area contributed by atoms with Crippen molar-refractivity contribution in [2.45, 2.75) is 6.54 Å². The number of benzene rings is 1. The molecule has 16 heavy (non-hydrogen) atoms. The number of hydrogen-bond donors (Lipinski definition) is 1. The van der Waals surface area contributed by atoms with Crippen LogP contribution < -0.4 is 5.73 Å². The first-order valence-electron chi connectivity index (χ1n) is 4.87. The second kappa shape index (κ2) is 4.63. The molecular formula is C12H11BrN2O. The quantitative estimate of drug-likeness (QED) is 0.877. The maximum atomic E-state index is 10.8. The lowest BCUT2D eigenvalue weighted by atomic mass is 10.2. The van der Waals surface area contributed by atoms with Gasteiger partial charge in [-0.3, -0.25) is 4.79 Å². The highest BCUT2D eigenvalue weighted by atomic mass is 79.9. The number of rotatable bonds is 3. The molecule has 1 heterocycles. The molecule has 1 aromatic heterocycles. The second-order valence-electron chi connectivity index (χ2n) is 3.41. The Kier molecular flexibility index (Phi) is 3.22. The highest BCUT2D eigenvalue weighted by Crippen LogP contribution is 2.23. The Balaban J connectivity index is 2.52. The van der Waals surface area contributed by atoms with E-state index in [1.807, 2.05) is 35.0 Å². The molecule has 0 fully saturated rings. The molecule has 0 atom stereocenters. The minimum absolute atomic E-state index is 0.505. The molecule has 0 aliphatic rings. The SMILES string of the molecule is NCc1ccc(-n2cccc2C=O)c(Br)c1. The Bertz CT molecular complexity index is 519. The standard InChI is InChI=1S/C12H11BrN2O/c13-11-6-9(7-14)3-4-12(11)15-5-1-2-10(15)8-16/h1-6,8H,7,14H2. The summed E-state index contributed by atoms with van der Waals surface area (Å²) in [6, 6.07) is 9.47. The first kappa shape index (κ1) is 11.1. The minimum atomic E-state index is 0.505. The lowest BCUT2D eigenvalue weighted by Gasteiger charge is -2.09. The van der Waals surface area contributed by atoms with Crippen LogP contribution in [0.1, 0.15) is 16.1 Å². The Morgan fingerprint density at radius 3 is 2.81 bits per heavy atom. The number of hydrogen-bond acceptors (Lipinski definition) is 2. The van der Waals surface area contributed by atoms with Gasteiger partial charge >= 0.3 is 0 Å². The van der Waals surface area contributed by atoms with E-state index in [2.05, 4.69) is 15.9 Å². The molecule has 0 saturated carbocycles. The molecule has 0 aliphatic heterocycles. The molecule has 2 N–H and O–H groups in total. The summed E-state index contributed by atoms with van der Waals surface area (Å²) in [7, 11) is 0. The van der Waals surface area contributed by atoms with Crippen molar-refractivity contribution >= 4 is 22.2 Å². The van der Waals surface area contributed by atoms with Crippen LogP contribution in [0.25, 0.3) is 5.69 Å². The summed E-state index contributed by atoms with van der Waals surface area (Å²) in [6.07, 6.45) is 2.69. The lowest BCUT2D eigenvalue weighted by Crippen LogP contribution is -2.01. The fraction of sp³-hybridized carbons (Fsp3) is 0.0833. The van der Waals surface area contributed by atoms with Crippen LogP contribution in [0, 0.1) is 0 Å². The van der Waals surface area contributed by atoms with Gasteiger partial charge in [0, 0.05) is 17.2 Å². The van der Waals surface area contributed by atoms with Gasteiger partial charge in [0.2, 0.25) is 0 Å². The van der Waals surface area contributed by atoms with E-state index in [4.69, 9.17) is 5.73 Å². The molecule has 82 valence electrons. The van der Waals surface area contributed by atoms with E-state index in [0.717, 1.165) is 22.0 Å². The molecule has 0 spiro atoms. The van der Waals surface area contributed by atoms with Crippen LogP contribution >= 0.6 is 15.9 Å². The Morgan fingerprint density at radius 1 is 1.38 bits per heavy atom. The topological polar surface area (TPSA) is 48.0 Å². The van der Waals surface area contributed by atoms with Crippen molar-refractivity contribution in [3.8, 4) is 5.69 Å². The van der Waals surface area contributed by atoms with Gasteiger partial charge in [0.25, 0.3) is 0 Å². The molecule has 0 unspecified atom stereocenters. The van der Waals surface area contributed by atoms with Crippen LogP contribution in [0.3, 0.4) is 0 Å². The third-order valence-corrected chi connectivity index (χ3v) is 3.04. The van der Waals surface area contributed by atoms with E-state index in [0.29, 0.717) is 12.2 Å². The van der Waals surface area contributed by atoms with Crippen molar-refractivity contribution in [1.82, 2.24) is 4.57 Å². The van der Waals surface area contributed by atoms with Crippen molar-refractivity contribution in [2.24, 2.45) is 5.73 Å². The third kappa shape index (κ3) is 1.94. The molecule has 0 saturated heterocycles. The predicted molar refractivity (Wildman–Crippen MR) is 66.7 cm³/mol. The number of carbonyl (C=O) groups is 1. The average Bonchev–Trinajstić information content (AvgIpc) is 2.76.